The van der Waals surface area contributed by atoms with Gasteiger partial charge in [-0.1, -0.05) is 112 Å². The highest BCUT2D eigenvalue weighted by Crippen LogP contribution is 2.43. The monoisotopic (exact) mass is 629 g/mol. The van der Waals surface area contributed by atoms with Crippen molar-refractivity contribution in [3.63, 3.8) is 0 Å². The van der Waals surface area contributed by atoms with Gasteiger partial charge in [-0.15, -0.1) is 0 Å². The molecule has 0 spiro atoms. The predicted octanol–water partition coefficient (Wildman–Crippen LogP) is 12.3. The van der Waals surface area contributed by atoms with E-state index in [-0.39, 0.29) is 5.41 Å². The van der Waals surface area contributed by atoms with Gasteiger partial charge in [0, 0.05) is 49.4 Å². The average molecular weight is 630 g/mol. The maximum atomic E-state index is 2.46. The molecule has 0 aliphatic carbocycles. The molecular weight excluding hydrogens is 595 g/mol. The zero-order valence-corrected chi connectivity index (χ0v) is 27.9. The van der Waals surface area contributed by atoms with Crippen molar-refractivity contribution in [3.8, 4) is 17.1 Å². The lowest BCUT2D eigenvalue weighted by Crippen LogP contribution is -2.10. The quantitative estimate of drug-likeness (QED) is 0.185. The second kappa shape index (κ2) is 10.2. The van der Waals surface area contributed by atoms with Gasteiger partial charge in [0.25, 0.3) is 0 Å². The molecule has 10 aromatic rings. The topological polar surface area (TPSA) is 14.8 Å². The first-order chi connectivity index (χ1) is 24.0. The minimum absolute atomic E-state index is 0.109. The van der Waals surface area contributed by atoms with E-state index in [0.717, 1.165) is 5.69 Å². The summed E-state index contributed by atoms with van der Waals surface area (Å²) in [6.07, 6.45) is 0. The Labute approximate surface area is 284 Å². The highest BCUT2D eigenvalue weighted by atomic mass is 15.0. The fourth-order valence-corrected chi connectivity index (χ4v) is 8.12. The number of aromatic nitrogens is 3. The second-order valence-electron chi connectivity index (χ2n) is 14.2. The Hall–Kier alpha value is -6.06. The minimum atomic E-state index is 0.109. The summed E-state index contributed by atoms with van der Waals surface area (Å²) in [5.74, 6) is 0. The Balaban J connectivity index is 1.27. The molecule has 7 aromatic carbocycles. The van der Waals surface area contributed by atoms with Crippen LogP contribution >= 0.6 is 0 Å². The summed E-state index contributed by atoms with van der Waals surface area (Å²) in [5.41, 5.74) is 12.3. The lowest BCUT2D eigenvalue weighted by molar-refractivity contribution is 0.590. The van der Waals surface area contributed by atoms with Gasteiger partial charge in [0.15, 0.2) is 0 Å². The van der Waals surface area contributed by atoms with Gasteiger partial charge in [0.1, 0.15) is 0 Å². The zero-order chi connectivity index (χ0) is 32.9. The molecule has 0 N–H and O–H groups in total. The van der Waals surface area contributed by atoms with Crippen LogP contribution in [0.2, 0.25) is 0 Å². The van der Waals surface area contributed by atoms with Crippen LogP contribution in [0.25, 0.3) is 82.5 Å². The number of hydrogen-bond donors (Lipinski definition) is 0. The predicted molar refractivity (Wildman–Crippen MR) is 208 cm³/mol. The Kier molecular flexibility index (Phi) is 5.84. The largest absolute Gasteiger partial charge is 0.309 e. The Morgan fingerprint density at radius 1 is 0.347 bits per heavy atom. The third kappa shape index (κ3) is 4.02. The molecule has 49 heavy (non-hydrogen) atoms. The third-order valence-corrected chi connectivity index (χ3v) is 10.4. The van der Waals surface area contributed by atoms with Crippen LogP contribution in [0.15, 0.2) is 158 Å². The maximum Gasteiger partial charge on any atom is 0.0641 e. The van der Waals surface area contributed by atoms with Crippen LogP contribution in [0.5, 0.6) is 0 Å². The molecule has 3 heteroatoms. The van der Waals surface area contributed by atoms with Gasteiger partial charge in [-0.05, 0) is 77.7 Å². The first kappa shape index (κ1) is 28.0. The van der Waals surface area contributed by atoms with Gasteiger partial charge in [-0.3, -0.25) is 0 Å². The highest BCUT2D eigenvalue weighted by molar-refractivity contribution is 6.26. The maximum absolute atomic E-state index is 2.46. The third-order valence-electron chi connectivity index (χ3n) is 10.4. The number of rotatable bonds is 3. The van der Waals surface area contributed by atoms with E-state index in [1.807, 2.05) is 0 Å². The van der Waals surface area contributed by atoms with Crippen LogP contribution in [-0.4, -0.2) is 13.7 Å². The van der Waals surface area contributed by atoms with Crippen LogP contribution in [-0.2, 0) is 5.41 Å². The van der Waals surface area contributed by atoms with E-state index >= 15 is 0 Å². The number of nitrogens with zero attached hydrogens (tertiary/aromatic N) is 3. The highest BCUT2D eigenvalue weighted by Gasteiger charge is 2.22. The molecule has 0 bridgehead atoms. The SMILES string of the molecule is CC(C)(C)c1ccc(-n2c3ccccc3c3cc(-n4c5ccccc5c5c4ccc4c6ccccc6n(-c6ccccc6)c45)ccc32)cc1. The summed E-state index contributed by atoms with van der Waals surface area (Å²) in [6, 6.07) is 58.0. The summed E-state index contributed by atoms with van der Waals surface area (Å²) in [6.45, 7) is 6.81. The van der Waals surface area contributed by atoms with Crippen molar-refractivity contribution in [1.29, 1.82) is 0 Å². The molecule has 0 radical (unpaired) electrons. The number of fused-ring (bicyclic) bond motifs is 10. The average Bonchev–Trinajstić information content (AvgIpc) is 3.77. The molecule has 234 valence electrons. The molecule has 0 aliphatic heterocycles. The minimum Gasteiger partial charge on any atom is -0.309 e. The Morgan fingerprint density at radius 3 is 1.53 bits per heavy atom. The first-order valence-corrected chi connectivity index (χ1v) is 17.1. The zero-order valence-electron chi connectivity index (χ0n) is 27.9. The second-order valence-corrected chi connectivity index (χ2v) is 14.2. The van der Waals surface area contributed by atoms with E-state index in [9.17, 15) is 0 Å². The lowest BCUT2D eigenvalue weighted by Gasteiger charge is -2.19. The number of benzene rings is 7. The lowest BCUT2D eigenvalue weighted by atomic mass is 9.87. The molecule has 3 heterocycles. The summed E-state index contributed by atoms with van der Waals surface area (Å²) in [4.78, 5) is 0. The van der Waals surface area contributed by atoms with Crippen molar-refractivity contribution >= 4 is 65.4 Å². The van der Waals surface area contributed by atoms with Crippen molar-refractivity contribution in [3.05, 3.63) is 163 Å². The fourth-order valence-electron chi connectivity index (χ4n) is 8.12. The van der Waals surface area contributed by atoms with Gasteiger partial charge in [0.05, 0.1) is 33.1 Å². The van der Waals surface area contributed by atoms with Gasteiger partial charge in [-0.25, -0.2) is 0 Å². The van der Waals surface area contributed by atoms with Crippen molar-refractivity contribution in [2.45, 2.75) is 26.2 Å². The Bertz CT molecular complexity index is 2890. The van der Waals surface area contributed by atoms with E-state index in [0.29, 0.717) is 0 Å². The molecule has 0 fully saturated rings. The number of hydrogen-bond acceptors (Lipinski definition) is 0. The summed E-state index contributed by atoms with van der Waals surface area (Å²) >= 11 is 0. The summed E-state index contributed by atoms with van der Waals surface area (Å²) in [5, 5.41) is 7.57. The molecule has 0 unspecified atom stereocenters. The first-order valence-electron chi connectivity index (χ1n) is 17.1. The fraction of sp³-hybridized carbons (Fsp3) is 0.0870. The van der Waals surface area contributed by atoms with E-state index in [1.165, 1.54) is 82.4 Å². The molecule has 0 saturated heterocycles. The van der Waals surface area contributed by atoms with Crippen LogP contribution in [0.4, 0.5) is 0 Å². The number of para-hydroxylation sites is 4. The van der Waals surface area contributed by atoms with Crippen molar-refractivity contribution < 1.29 is 0 Å². The molecular formula is C46H35N3. The molecule has 3 aromatic heterocycles. The van der Waals surface area contributed by atoms with E-state index in [2.05, 4.69) is 192 Å². The molecule has 3 nitrogen and oxygen atoms in total. The van der Waals surface area contributed by atoms with E-state index < -0.39 is 0 Å². The van der Waals surface area contributed by atoms with Crippen LogP contribution < -0.4 is 0 Å². The van der Waals surface area contributed by atoms with Gasteiger partial charge >= 0.3 is 0 Å². The van der Waals surface area contributed by atoms with Crippen molar-refractivity contribution in [1.82, 2.24) is 13.7 Å². The molecule has 10 rings (SSSR count). The van der Waals surface area contributed by atoms with Crippen LogP contribution in [0, 0.1) is 0 Å². The van der Waals surface area contributed by atoms with Crippen LogP contribution in [0.1, 0.15) is 26.3 Å². The van der Waals surface area contributed by atoms with Crippen molar-refractivity contribution in [2.75, 3.05) is 0 Å². The van der Waals surface area contributed by atoms with Gasteiger partial charge in [0.2, 0.25) is 0 Å². The van der Waals surface area contributed by atoms with E-state index in [4.69, 9.17) is 0 Å². The van der Waals surface area contributed by atoms with Crippen LogP contribution in [0.3, 0.4) is 0 Å². The Morgan fingerprint density at radius 2 is 0.837 bits per heavy atom. The van der Waals surface area contributed by atoms with E-state index in [1.54, 1.807) is 0 Å². The summed E-state index contributed by atoms with van der Waals surface area (Å²) in [7, 11) is 0. The molecule has 0 atom stereocenters. The molecule has 0 amide bonds. The molecule has 0 aliphatic rings. The molecule has 0 saturated carbocycles. The van der Waals surface area contributed by atoms with Crippen molar-refractivity contribution in [2.24, 2.45) is 0 Å². The van der Waals surface area contributed by atoms with Gasteiger partial charge < -0.3 is 13.7 Å². The van der Waals surface area contributed by atoms with Gasteiger partial charge in [-0.2, -0.15) is 0 Å². The smallest absolute Gasteiger partial charge is 0.0641 e. The normalized spacial score (nSPS) is 12.4. The standard InChI is InChI=1S/C46H35N3/c1-46(2,3)30-21-23-32(24-22-30)47-39-18-10-8-16-35(39)38-29-33(25-27-42(38)47)48-41-20-12-9-17-37(41)44-43(48)28-26-36-34-15-7-11-19-40(34)49(45(36)44)31-13-5-4-6-14-31/h4-29H,1-3H3. The summed E-state index contributed by atoms with van der Waals surface area (Å²) < 4.78 is 7.32.